The van der Waals surface area contributed by atoms with Gasteiger partial charge in [-0.15, -0.1) is 0 Å². The number of nitrogens with zero attached hydrogens (tertiary/aromatic N) is 4. The van der Waals surface area contributed by atoms with E-state index in [0.717, 1.165) is 25.9 Å². The van der Waals surface area contributed by atoms with Crippen LogP contribution in [-0.2, 0) is 34.7 Å². The molecule has 2 atom stereocenters. The monoisotopic (exact) mass is 486 g/mol. The molecule has 0 fully saturated rings. The van der Waals surface area contributed by atoms with Gasteiger partial charge >= 0.3 is 0 Å². The second-order valence-corrected chi connectivity index (χ2v) is 13.6. The van der Waals surface area contributed by atoms with Crippen molar-refractivity contribution >= 4 is 0 Å². The van der Waals surface area contributed by atoms with E-state index < -0.39 is 0 Å². The van der Waals surface area contributed by atoms with Crippen molar-refractivity contribution in [3.8, 4) is 12.1 Å². The average Bonchev–Trinajstić information content (AvgIpc) is 3.37. The van der Waals surface area contributed by atoms with Crippen molar-refractivity contribution in [2.24, 2.45) is 0 Å². The number of nitriles is 2. The molecule has 2 heterocycles. The lowest BCUT2D eigenvalue weighted by Crippen LogP contribution is -2.23. The Kier molecular flexibility index (Phi) is 6.32. The summed E-state index contributed by atoms with van der Waals surface area (Å²) in [6.07, 6.45) is 6.57. The van der Waals surface area contributed by atoms with Crippen LogP contribution in [0.3, 0.4) is 0 Å². The molecule has 4 rings (SSSR count). The summed E-state index contributed by atoms with van der Waals surface area (Å²) < 4.78 is 4.97. The van der Waals surface area contributed by atoms with Crippen LogP contribution in [0.1, 0.15) is 125 Å². The lowest BCUT2D eigenvalue weighted by molar-refractivity contribution is 0.427. The number of hydrogen-bond donors (Lipinski definition) is 0. The summed E-state index contributed by atoms with van der Waals surface area (Å²) in [5.41, 5.74) is 10.1. The molecule has 2 aromatic heterocycles. The minimum absolute atomic E-state index is 0.0584. The molecular formula is C32H46N4. The molecule has 0 bridgehead atoms. The first-order chi connectivity index (χ1) is 16.6. The Balaban J connectivity index is 1.40. The maximum absolute atomic E-state index is 9.97. The van der Waals surface area contributed by atoms with E-state index >= 15 is 0 Å². The van der Waals surface area contributed by atoms with Gasteiger partial charge in [-0.05, 0) is 100 Å². The van der Waals surface area contributed by atoms with Crippen molar-refractivity contribution in [1.82, 2.24) is 9.13 Å². The number of hydrogen-bond acceptors (Lipinski definition) is 2. The largest absolute Gasteiger partial charge is 0.349 e. The van der Waals surface area contributed by atoms with E-state index in [-0.39, 0.29) is 21.7 Å². The lowest BCUT2D eigenvalue weighted by Gasteiger charge is -2.24. The van der Waals surface area contributed by atoms with Gasteiger partial charge in [0.15, 0.2) is 0 Å². The van der Waals surface area contributed by atoms with Crippen molar-refractivity contribution in [1.29, 1.82) is 10.5 Å². The fraction of sp³-hybridized carbons (Fsp3) is 0.688. The zero-order chi connectivity index (χ0) is 26.8. The summed E-state index contributed by atoms with van der Waals surface area (Å²) >= 11 is 0. The Hall–Kier alpha value is -2.46. The maximum atomic E-state index is 9.97. The first kappa shape index (κ1) is 26.6. The highest BCUT2D eigenvalue weighted by Gasteiger charge is 2.50. The summed E-state index contributed by atoms with van der Waals surface area (Å²) in [5.74, 6) is 0. The maximum Gasteiger partial charge on any atom is 0.0822 e. The lowest BCUT2D eigenvalue weighted by atomic mass is 9.80. The Bertz CT molecular complexity index is 1190. The number of rotatable bonds is 7. The minimum atomic E-state index is -0.373. The van der Waals surface area contributed by atoms with Crippen molar-refractivity contribution in [3.63, 3.8) is 0 Å². The molecular weight excluding hydrogens is 440 g/mol. The summed E-state index contributed by atoms with van der Waals surface area (Å²) in [6, 6.07) is 5.27. The van der Waals surface area contributed by atoms with E-state index in [2.05, 4.69) is 90.5 Å². The molecule has 194 valence electrons. The van der Waals surface area contributed by atoms with Crippen molar-refractivity contribution in [2.45, 2.75) is 143 Å². The molecule has 0 spiro atoms. The van der Waals surface area contributed by atoms with Gasteiger partial charge < -0.3 is 9.13 Å². The molecule has 36 heavy (non-hydrogen) atoms. The van der Waals surface area contributed by atoms with Crippen LogP contribution in [-0.4, -0.2) is 9.13 Å². The van der Waals surface area contributed by atoms with Gasteiger partial charge in [-0.2, -0.15) is 10.5 Å². The van der Waals surface area contributed by atoms with Crippen LogP contribution in [0.2, 0.25) is 0 Å². The van der Waals surface area contributed by atoms with E-state index in [0.29, 0.717) is 0 Å². The molecule has 4 nitrogen and oxygen atoms in total. The van der Waals surface area contributed by atoms with Gasteiger partial charge in [0, 0.05) is 35.9 Å². The molecule has 0 amide bonds. The first-order valence-electron chi connectivity index (χ1n) is 13.9. The molecule has 2 aliphatic rings. The van der Waals surface area contributed by atoms with Crippen LogP contribution in [0.5, 0.6) is 0 Å². The van der Waals surface area contributed by atoms with Crippen LogP contribution >= 0.6 is 0 Å². The predicted molar refractivity (Wildman–Crippen MR) is 147 cm³/mol. The molecule has 0 radical (unpaired) electrons. The van der Waals surface area contributed by atoms with E-state index in [1.807, 2.05) is 0 Å². The Morgan fingerprint density at radius 1 is 0.556 bits per heavy atom. The highest BCUT2D eigenvalue weighted by Crippen LogP contribution is 2.54. The molecule has 2 aliphatic carbocycles. The van der Waals surface area contributed by atoms with Crippen molar-refractivity contribution < 1.29 is 0 Å². The summed E-state index contributed by atoms with van der Waals surface area (Å²) in [5, 5.41) is 19.9. The quantitative estimate of drug-likeness (QED) is 0.376. The van der Waals surface area contributed by atoms with Crippen LogP contribution < -0.4 is 0 Å². The normalized spacial score (nSPS) is 25.4. The fourth-order valence-electron chi connectivity index (χ4n) is 8.65. The van der Waals surface area contributed by atoms with Crippen LogP contribution in [0.25, 0.3) is 0 Å². The molecule has 0 aromatic carbocycles. The molecule has 0 N–H and O–H groups in total. The van der Waals surface area contributed by atoms with E-state index in [1.54, 1.807) is 0 Å². The number of unbranched alkanes of at least 4 members (excludes halogenated alkanes) is 3. The zero-order valence-electron chi connectivity index (χ0n) is 24.4. The van der Waals surface area contributed by atoms with Crippen LogP contribution in [0.4, 0.5) is 0 Å². The Labute approximate surface area is 219 Å². The highest BCUT2D eigenvalue weighted by molar-refractivity contribution is 5.56. The minimum Gasteiger partial charge on any atom is -0.349 e. The van der Waals surface area contributed by atoms with Crippen LogP contribution in [0, 0.1) is 50.4 Å². The highest BCUT2D eigenvalue weighted by atomic mass is 15.0. The van der Waals surface area contributed by atoms with Crippen molar-refractivity contribution in [2.75, 3.05) is 0 Å². The summed E-state index contributed by atoms with van der Waals surface area (Å²) in [4.78, 5) is 0. The molecule has 0 saturated heterocycles. The molecule has 4 heteroatoms. The summed E-state index contributed by atoms with van der Waals surface area (Å²) in [6.45, 7) is 24.5. The third-order valence-electron chi connectivity index (χ3n) is 9.62. The van der Waals surface area contributed by atoms with E-state index in [9.17, 15) is 10.5 Å². The molecule has 0 aliphatic heterocycles. The molecule has 2 aromatic rings. The SMILES string of the molecule is Cc1c2c(c(C)n1CCCCCCn1c(C)c3c(c1C)C(C)(C#N)CC3(C)C)C(C)(C#N)CC2(C)C. The third kappa shape index (κ3) is 3.75. The molecule has 0 saturated carbocycles. The Morgan fingerprint density at radius 2 is 0.861 bits per heavy atom. The van der Waals surface area contributed by atoms with Crippen molar-refractivity contribution in [3.05, 3.63) is 45.0 Å². The predicted octanol–water partition coefficient (Wildman–Crippen LogP) is 7.71. The second kappa shape index (κ2) is 8.55. The van der Waals surface area contributed by atoms with Gasteiger partial charge in [0.2, 0.25) is 0 Å². The topological polar surface area (TPSA) is 57.4 Å². The van der Waals surface area contributed by atoms with Gasteiger partial charge in [-0.1, -0.05) is 40.5 Å². The van der Waals surface area contributed by atoms with Gasteiger partial charge in [0.25, 0.3) is 0 Å². The third-order valence-corrected chi connectivity index (χ3v) is 9.62. The standard InChI is InChI=1S/C32H46N4/c1-21-25-27(31(9,19-33)17-29(25,5)6)23(3)35(21)15-13-11-12-14-16-36-22(2)26-28(24(36)4)32(10,20-34)18-30(26,7)8/h11-18H2,1-10H3. The smallest absolute Gasteiger partial charge is 0.0822 e. The average molecular weight is 487 g/mol. The van der Waals surface area contributed by atoms with Gasteiger partial charge in [0.1, 0.15) is 0 Å². The van der Waals surface area contributed by atoms with Gasteiger partial charge in [-0.25, -0.2) is 0 Å². The fourth-order valence-corrected chi connectivity index (χ4v) is 8.65. The first-order valence-corrected chi connectivity index (χ1v) is 13.9. The van der Waals surface area contributed by atoms with Gasteiger partial charge in [-0.3, -0.25) is 0 Å². The zero-order valence-corrected chi connectivity index (χ0v) is 24.4. The van der Waals surface area contributed by atoms with Crippen LogP contribution in [0.15, 0.2) is 0 Å². The Morgan fingerprint density at radius 3 is 1.17 bits per heavy atom. The molecule has 2 unspecified atom stereocenters. The second-order valence-electron chi connectivity index (χ2n) is 13.6. The number of fused-ring (bicyclic) bond motifs is 2. The van der Waals surface area contributed by atoms with E-state index in [1.165, 1.54) is 70.7 Å². The summed E-state index contributed by atoms with van der Waals surface area (Å²) in [7, 11) is 0. The van der Waals surface area contributed by atoms with E-state index in [4.69, 9.17) is 0 Å². The van der Waals surface area contributed by atoms with Gasteiger partial charge in [0.05, 0.1) is 23.0 Å². The number of aromatic nitrogens is 2.